The predicted octanol–water partition coefficient (Wildman–Crippen LogP) is 5.17. The van der Waals surface area contributed by atoms with Gasteiger partial charge in [-0.1, -0.05) is 17.7 Å². The summed E-state index contributed by atoms with van der Waals surface area (Å²) >= 11 is 7.20. The maximum Gasteiger partial charge on any atom is 0.266 e. The molecule has 2 amide bonds. The number of anilines is 3. The van der Waals surface area contributed by atoms with E-state index < -0.39 is 11.7 Å². The smallest absolute Gasteiger partial charge is 0.266 e. The van der Waals surface area contributed by atoms with E-state index in [0.717, 1.165) is 0 Å². The van der Waals surface area contributed by atoms with Crippen molar-refractivity contribution in [2.75, 3.05) is 10.2 Å². The Morgan fingerprint density at radius 1 is 1.27 bits per heavy atom. The number of rotatable bonds is 5. The number of hydrogen-bond donors (Lipinski definition) is 1. The zero-order chi connectivity index (χ0) is 21.7. The Kier molecular flexibility index (Phi) is 6.57. The number of aromatic nitrogens is 1. The van der Waals surface area contributed by atoms with Crippen molar-refractivity contribution in [3.05, 3.63) is 76.0 Å². The largest absolute Gasteiger partial charge is 0.321 e. The Bertz CT molecular complexity index is 1170. The number of amides is 2. The van der Waals surface area contributed by atoms with Crippen LogP contribution >= 0.6 is 22.9 Å². The highest BCUT2D eigenvalue weighted by molar-refractivity contribution is 7.14. The van der Waals surface area contributed by atoms with Crippen LogP contribution in [0.5, 0.6) is 0 Å². The highest BCUT2D eigenvalue weighted by atomic mass is 35.5. The SMILES string of the molecule is CC(=O)N(c1cccc(Cl)c1)c1nc(/C=C(\C#N)C(=O)Nc2ccc(F)cc2)cs1. The third-order valence-electron chi connectivity index (χ3n) is 3.84. The summed E-state index contributed by atoms with van der Waals surface area (Å²) in [5, 5.41) is 14.3. The topological polar surface area (TPSA) is 86.1 Å². The van der Waals surface area contributed by atoms with Crippen LogP contribution in [0.25, 0.3) is 6.08 Å². The van der Waals surface area contributed by atoms with Gasteiger partial charge in [0.25, 0.3) is 5.91 Å². The number of carbonyl (C=O) groups excluding carboxylic acids is 2. The number of nitrogens with one attached hydrogen (secondary N) is 1. The van der Waals surface area contributed by atoms with Crippen molar-refractivity contribution in [3.8, 4) is 6.07 Å². The maximum absolute atomic E-state index is 13.0. The van der Waals surface area contributed by atoms with Gasteiger partial charge >= 0.3 is 0 Å². The minimum Gasteiger partial charge on any atom is -0.321 e. The van der Waals surface area contributed by atoms with Gasteiger partial charge in [-0.05, 0) is 48.5 Å². The fourth-order valence-electron chi connectivity index (χ4n) is 2.52. The minimum absolute atomic E-state index is 0.187. The van der Waals surface area contributed by atoms with Crippen molar-refractivity contribution in [2.24, 2.45) is 0 Å². The standard InChI is InChI=1S/C21H14ClFN4O2S/c1-13(28)27(19-4-2-3-15(22)10-19)21-26-18(12-30-21)9-14(11-24)20(29)25-17-7-5-16(23)6-8-17/h2-10,12H,1H3,(H,25,29)/b14-9+. The predicted molar refractivity (Wildman–Crippen MR) is 115 cm³/mol. The van der Waals surface area contributed by atoms with Gasteiger partial charge in [0, 0.05) is 23.0 Å². The molecule has 0 radical (unpaired) electrons. The average Bonchev–Trinajstić information content (AvgIpc) is 3.15. The molecule has 1 heterocycles. The molecule has 0 saturated heterocycles. The van der Waals surface area contributed by atoms with E-state index in [2.05, 4.69) is 10.3 Å². The summed E-state index contributed by atoms with van der Waals surface area (Å²) in [6.07, 6.45) is 1.31. The molecule has 30 heavy (non-hydrogen) atoms. The van der Waals surface area contributed by atoms with Crippen LogP contribution in [0.4, 0.5) is 20.9 Å². The molecule has 0 aliphatic carbocycles. The van der Waals surface area contributed by atoms with Crippen molar-refractivity contribution in [1.29, 1.82) is 5.26 Å². The van der Waals surface area contributed by atoms with E-state index in [1.807, 2.05) is 6.07 Å². The maximum atomic E-state index is 13.0. The van der Waals surface area contributed by atoms with Crippen LogP contribution in [0.2, 0.25) is 5.02 Å². The van der Waals surface area contributed by atoms with E-state index in [1.54, 1.807) is 29.6 Å². The van der Waals surface area contributed by atoms with E-state index in [0.29, 0.717) is 27.2 Å². The van der Waals surface area contributed by atoms with Gasteiger partial charge in [0.2, 0.25) is 5.91 Å². The molecule has 0 saturated carbocycles. The molecule has 0 bridgehead atoms. The zero-order valence-corrected chi connectivity index (χ0v) is 17.2. The number of nitrogens with zero attached hydrogens (tertiary/aromatic N) is 3. The molecular formula is C21H14ClFN4O2S. The van der Waals surface area contributed by atoms with Crippen molar-refractivity contribution < 1.29 is 14.0 Å². The number of benzene rings is 2. The quantitative estimate of drug-likeness (QED) is 0.438. The first kappa shape index (κ1) is 21.2. The summed E-state index contributed by atoms with van der Waals surface area (Å²) in [5.74, 6) is -1.36. The third-order valence-corrected chi connectivity index (χ3v) is 4.92. The summed E-state index contributed by atoms with van der Waals surface area (Å²) in [5.41, 5.74) is 1.06. The van der Waals surface area contributed by atoms with Gasteiger partial charge in [-0.25, -0.2) is 9.37 Å². The second-order valence-electron chi connectivity index (χ2n) is 6.02. The van der Waals surface area contributed by atoms with Crippen molar-refractivity contribution in [3.63, 3.8) is 0 Å². The number of carbonyl (C=O) groups is 2. The molecule has 150 valence electrons. The Morgan fingerprint density at radius 3 is 2.63 bits per heavy atom. The first-order valence-corrected chi connectivity index (χ1v) is 9.83. The normalized spacial score (nSPS) is 10.9. The van der Waals surface area contributed by atoms with Crippen molar-refractivity contribution >= 4 is 57.3 Å². The monoisotopic (exact) mass is 440 g/mol. The van der Waals surface area contributed by atoms with Gasteiger partial charge < -0.3 is 5.32 Å². The molecule has 0 aliphatic heterocycles. The van der Waals surface area contributed by atoms with Crippen LogP contribution in [0.1, 0.15) is 12.6 Å². The third kappa shape index (κ3) is 5.08. The molecule has 3 aromatic rings. The number of halogens is 2. The summed E-state index contributed by atoms with van der Waals surface area (Å²) < 4.78 is 13.0. The van der Waals surface area contributed by atoms with Gasteiger partial charge in [-0.3, -0.25) is 14.5 Å². The molecule has 0 fully saturated rings. The average molecular weight is 441 g/mol. The van der Waals surface area contributed by atoms with Gasteiger partial charge in [-0.15, -0.1) is 11.3 Å². The molecule has 0 atom stereocenters. The minimum atomic E-state index is -0.656. The molecule has 3 rings (SSSR count). The van der Waals surface area contributed by atoms with E-state index in [1.165, 1.54) is 53.5 Å². The first-order valence-electron chi connectivity index (χ1n) is 8.58. The van der Waals surface area contributed by atoms with E-state index in [-0.39, 0.29) is 11.5 Å². The van der Waals surface area contributed by atoms with Gasteiger partial charge in [-0.2, -0.15) is 5.26 Å². The van der Waals surface area contributed by atoms with Crippen LogP contribution in [-0.2, 0) is 9.59 Å². The van der Waals surface area contributed by atoms with Crippen LogP contribution in [0, 0.1) is 17.1 Å². The van der Waals surface area contributed by atoms with Crippen LogP contribution in [0.15, 0.2) is 59.5 Å². The van der Waals surface area contributed by atoms with Crippen LogP contribution < -0.4 is 10.2 Å². The summed E-state index contributed by atoms with van der Waals surface area (Å²) in [6.45, 7) is 1.40. The van der Waals surface area contributed by atoms with E-state index in [4.69, 9.17) is 11.6 Å². The number of hydrogen-bond acceptors (Lipinski definition) is 5. The van der Waals surface area contributed by atoms with Gasteiger partial charge in [0.1, 0.15) is 17.5 Å². The Hall–Kier alpha value is -3.54. The molecule has 0 aliphatic rings. The molecule has 1 N–H and O–H groups in total. The summed E-state index contributed by atoms with van der Waals surface area (Å²) in [6, 6.07) is 13.8. The Labute approximate surface area is 180 Å². The molecule has 9 heteroatoms. The number of nitriles is 1. The molecule has 2 aromatic carbocycles. The zero-order valence-electron chi connectivity index (χ0n) is 15.6. The van der Waals surface area contributed by atoms with Crippen LogP contribution in [0.3, 0.4) is 0 Å². The first-order chi connectivity index (χ1) is 14.4. The Morgan fingerprint density at radius 2 is 2.00 bits per heavy atom. The van der Waals surface area contributed by atoms with Gasteiger partial charge in [0.15, 0.2) is 5.13 Å². The van der Waals surface area contributed by atoms with Crippen LogP contribution in [-0.4, -0.2) is 16.8 Å². The Balaban J connectivity index is 1.84. The lowest BCUT2D eigenvalue weighted by atomic mass is 10.2. The summed E-state index contributed by atoms with van der Waals surface area (Å²) in [7, 11) is 0. The molecule has 0 spiro atoms. The van der Waals surface area contributed by atoms with Gasteiger partial charge in [0.05, 0.1) is 11.4 Å². The van der Waals surface area contributed by atoms with E-state index in [9.17, 15) is 19.2 Å². The second-order valence-corrected chi connectivity index (χ2v) is 7.29. The van der Waals surface area contributed by atoms with Crippen molar-refractivity contribution in [2.45, 2.75) is 6.92 Å². The second kappa shape index (κ2) is 9.31. The highest BCUT2D eigenvalue weighted by Gasteiger charge is 2.18. The molecule has 0 unspecified atom stereocenters. The summed E-state index contributed by atoms with van der Waals surface area (Å²) in [4.78, 5) is 30.2. The fourth-order valence-corrected chi connectivity index (χ4v) is 3.54. The lowest BCUT2D eigenvalue weighted by Crippen LogP contribution is -2.22. The highest BCUT2D eigenvalue weighted by Crippen LogP contribution is 2.31. The molecular weight excluding hydrogens is 427 g/mol. The number of thiazole rings is 1. The lowest BCUT2D eigenvalue weighted by molar-refractivity contribution is -0.116. The lowest BCUT2D eigenvalue weighted by Gasteiger charge is -2.18. The fraction of sp³-hybridized carbons (Fsp3) is 0.0476. The molecule has 6 nitrogen and oxygen atoms in total. The molecule has 1 aromatic heterocycles. The van der Waals surface area contributed by atoms with Crippen molar-refractivity contribution in [1.82, 2.24) is 4.98 Å². The van der Waals surface area contributed by atoms with E-state index >= 15 is 0 Å².